The third-order valence-corrected chi connectivity index (χ3v) is 7.41. The molecule has 150 valence electrons. The average molecular weight is 428 g/mol. The first-order valence-corrected chi connectivity index (χ1v) is 11.3. The summed E-state index contributed by atoms with van der Waals surface area (Å²) in [6, 6.07) is 10.2. The largest absolute Gasteiger partial charge is 0.454 e. The summed E-state index contributed by atoms with van der Waals surface area (Å²) in [4.78, 5) is 23.9. The monoisotopic (exact) mass is 427 g/mol. The Kier molecular flexibility index (Phi) is 4.99. The normalized spacial score (nSPS) is 16.4. The molecule has 0 N–H and O–H groups in total. The Balaban J connectivity index is 1.21. The first-order valence-electron chi connectivity index (χ1n) is 9.59. The lowest BCUT2D eigenvalue weighted by Gasteiger charge is -2.34. The fraction of sp³-hybridized carbons (Fsp3) is 0.333. The van der Waals surface area contributed by atoms with Crippen molar-refractivity contribution in [3.8, 4) is 21.4 Å². The summed E-state index contributed by atoms with van der Waals surface area (Å²) in [6.07, 6.45) is 0. The molecule has 29 heavy (non-hydrogen) atoms. The van der Waals surface area contributed by atoms with E-state index >= 15 is 0 Å². The number of carbonyl (C=O) groups excluding carboxylic acids is 1. The van der Waals surface area contributed by atoms with E-state index in [0.717, 1.165) is 64.7 Å². The van der Waals surface area contributed by atoms with Gasteiger partial charge in [-0.15, -0.1) is 22.7 Å². The van der Waals surface area contributed by atoms with Crippen molar-refractivity contribution in [3.63, 3.8) is 0 Å². The Morgan fingerprint density at radius 1 is 1.14 bits per heavy atom. The molecule has 0 unspecified atom stereocenters. The zero-order valence-corrected chi connectivity index (χ0v) is 17.7. The molecule has 1 fully saturated rings. The summed E-state index contributed by atoms with van der Waals surface area (Å²) in [7, 11) is 0. The van der Waals surface area contributed by atoms with Crippen molar-refractivity contribution >= 4 is 28.6 Å². The van der Waals surface area contributed by atoms with Crippen molar-refractivity contribution in [1.82, 2.24) is 14.8 Å². The molecule has 2 aliphatic heterocycles. The molecule has 0 aliphatic carbocycles. The van der Waals surface area contributed by atoms with Crippen molar-refractivity contribution in [2.75, 3.05) is 33.0 Å². The van der Waals surface area contributed by atoms with Gasteiger partial charge >= 0.3 is 0 Å². The number of rotatable bonds is 4. The van der Waals surface area contributed by atoms with Crippen LogP contribution in [0.1, 0.15) is 20.9 Å². The van der Waals surface area contributed by atoms with E-state index in [9.17, 15) is 4.79 Å². The maximum absolute atomic E-state index is 13.0. The van der Waals surface area contributed by atoms with Crippen LogP contribution in [-0.4, -0.2) is 53.7 Å². The lowest BCUT2D eigenvalue weighted by atomic mass is 10.1. The molecule has 2 aromatic heterocycles. The smallest absolute Gasteiger partial charge is 0.265 e. The molecule has 3 aromatic rings. The second kappa shape index (κ2) is 7.78. The Bertz CT molecular complexity index is 1020. The van der Waals surface area contributed by atoms with Crippen molar-refractivity contribution in [2.45, 2.75) is 13.5 Å². The van der Waals surface area contributed by atoms with Gasteiger partial charge in [0.05, 0.1) is 10.6 Å². The van der Waals surface area contributed by atoms with E-state index < -0.39 is 0 Å². The number of amides is 1. The van der Waals surface area contributed by atoms with E-state index in [4.69, 9.17) is 9.47 Å². The van der Waals surface area contributed by atoms with Crippen molar-refractivity contribution < 1.29 is 14.3 Å². The number of thiophene rings is 1. The number of hydrogen-bond acceptors (Lipinski definition) is 7. The molecule has 8 heteroatoms. The Hall–Kier alpha value is -2.42. The van der Waals surface area contributed by atoms with Crippen LogP contribution in [-0.2, 0) is 6.54 Å². The second-order valence-corrected chi connectivity index (χ2v) is 9.11. The molecule has 2 aliphatic rings. The number of thiazole rings is 1. The minimum Gasteiger partial charge on any atom is -0.454 e. The summed E-state index contributed by atoms with van der Waals surface area (Å²) in [5, 5.41) is 2.97. The number of piperazine rings is 1. The standard InChI is InChI=1S/C21H21N3O3S2/c1-14-19(29-20(22-14)18-3-2-10-28-18)21(25)24-8-6-23(7-9-24)12-15-4-5-16-17(11-15)27-13-26-16/h2-5,10-11H,6-9,12-13H2,1H3. The quantitative estimate of drug-likeness (QED) is 0.633. The van der Waals surface area contributed by atoms with Gasteiger partial charge in [-0.25, -0.2) is 4.98 Å². The third-order valence-electron chi connectivity index (χ3n) is 5.23. The molecule has 0 spiro atoms. The van der Waals surface area contributed by atoms with Crippen LogP contribution in [0.5, 0.6) is 11.5 Å². The zero-order chi connectivity index (χ0) is 19.8. The highest BCUT2D eigenvalue weighted by molar-refractivity contribution is 7.22. The fourth-order valence-corrected chi connectivity index (χ4v) is 5.48. The van der Waals surface area contributed by atoms with E-state index in [-0.39, 0.29) is 5.91 Å². The van der Waals surface area contributed by atoms with Crippen LogP contribution >= 0.6 is 22.7 Å². The number of nitrogens with zero attached hydrogens (tertiary/aromatic N) is 3. The summed E-state index contributed by atoms with van der Waals surface area (Å²) >= 11 is 3.16. The van der Waals surface area contributed by atoms with Crippen LogP contribution in [0.25, 0.3) is 9.88 Å². The first kappa shape index (κ1) is 18.6. The molecule has 0 saturated carbocycles. The number of benzene rings is 1. The van der Waals surface area contributed by atoms with Crippen LogP contribution < -0.4 is 9.47 Å². The molecule has 4 heterocycles. The maximum atomic E-state index is 13.0. The third kappa shape index (κ3) is 3.75. The van der Waals surface area contributed by atoms with Crippen molar-refractivity contribution in [1.29, 1.82) is 0 Å². The van der Waals surface area contributed by atoms with Gasteiger partial charge in [-0.3, -0.25) is 9.69 Å². The minimum atomic E-state index is 0.102. The number of ether oxygens (including phenoxy) is 2. The predicted octanol–water partition coefficient (Wildman–Crippen LogP) is 3.87. The molecular weight excluding hydrogens is 406 g/mol. The summed E-state index contributed by atoms with van der Waals surface area (Å²) < 4.78 is 10.8. The van der Waals surface area contributed by atoms with Gasteiger partial charge in [-0.05, 0) is 36.1 Å². The molecule has 1 aromatic carbocycles. The molecule has 0 bridgehead atoms. The van der Waals surface area contributed by atoms with Crippen LogP contribution in [0.4, 0.5) is 0 Å². The minimum absolute atomic E-state index is 0.102. The van der Waals surface area contributed by atoms with Crippen molar-refractivity contribution in [3.05, 3.63) is 51.8 Å². The van der Waals surface area contributed by atoms with Crippen LogP contribution in [0.2, 0.25) is 0 Å². The van der Waals surface area contributed by atoms with E-state index in [0.29, 0.717) is 6.79 Å². The first-order chi connectivity index (χ1) is 14.2. The molecule has 0 radical (unpaired) electrons. The topological polar surface area (TPSA) is 54.9 Å². The molecule has 1 saturated heterocycles. The van der Waals surface area contributed by atoms with Gasteiger partial charge in [-0.2, -0.15) is 0 Å². The van der Waals surface area contributed by atoms with E-state index in [1.165, 1.54) is 16.9 Å². The zero-order valence-electron chi connectivity index (χ0n) is 16.1. The highest BCUT2D eigenvalue weighted by atomic mass is 32.1. The summed E-state index contributed by atoms with van der Waals surface area (Å²) in [5.41, 5.74) is 2.03. The van der Waals surface area contributed by atoms with Crippen LogP contribution in [0.3, 0.4) is 0 Å². The molecule has 1 amide bonds. The Morgan fingerprint density at radius 3 is 2.76 bits per heavy atom. The number of hydrogen-bond donors (Lipinski definition) is 0. The van der Waals surface area contributed by atoms with Gasteiger partial charge in [-0.1, -0.05) is 12.1 Å². The molecular formula is C21H21N3O3S2. The van der Waals surface area contributed by atoms with Gasteiger partial charge in [0.25, 0.3) is 5.91 Å². The Labute approximate surface area is 177 Å². The predicted molar refractivity (Wildman–Crippen MR) is 114 cm³/mol. The van der Waals surface area contributed by atoms with Gasteiger partial charge in [0, 0.05) is 32.7 Å². The number of fused-ring (bicyclic) bond motifs is 1. The summed E-state index contributed by atoms with van der Waals surface area (Å²) in [5.74, 6) is 1.73. The SMILES string of the molecule is Cc1nc(-c2cccs2)sc1C(=O)N1CCN(Cc2ccc3c(c2)OCO3)CC1. The van der Waals surface area contributed by atoms with E-state index in [2.05, 4.69) is 16.0 Å². The number of aryl methyl sites for hydroxylation is 1. The van der Waals surface area contributed by atoms with Crippen molar-refractivity contribution in [2.24, 2.45) is 0 Å². The van der Waals surface area contributed by atoms with Crippen LogP contribution in [0.15, 0.2) is 35.7 Å². The fourth-order valence-electron chi connectivity index (χ4n) is 3.65. The molecule has 6 nitrogen and oxygen atoms in total. The maximum Gasteiger partial charge on any atom is 0.265 e. The average Bonchev–Trinajstić information content (AvgIpc) is 3.48. The van der Waals surface area contributed by atoms with Gasteiger partial charge < -0.3 is 14.4 Å². The lowest BCUT2D eigenvalue weighted by molar-refractivity contribution is 0.0632. The van der Waals surface area contributed by atoms with Gasteiger partial charge in [0.1, 0.15) is 9.88 Å². The van der Waals surface area contributed by atoms with Gasteiger partial charge in [0.2, 0.25) is 6.79 Å². The number of aromatic nitrogens is 1. The van der Waals surface area contributed by atoms with E-state index in [1.54, 1.807) is 11.3 Å². The second-order valence-electron chi connectivity index (χ2n) is 7.17. The number of carbonyl (C=O) groups is 1. The van der Waals surface area contributed by atoms with E-state index in [1.807, 2.05) is 41.5 Å². The highest BCUT2D eigenvalue weighted by Gasteiger charge is 2.26. The lowest BCUT2D eigenvalue weighted by Crippen LogP contribution is -2.48. The summed E-state index contributed by atoms with van der Waals surface area (Å²) in [6.45, 7) is 6.25. The van der Waals surface area contributed by atoms with Crippen LogP contribution in [0, 0.1) is 6.92 Å². The molecule has 0 atom stereocenters. The Morgan fingerprint density at radius 2 is 1.97 bits per heavy atom. The molecule has 5 rings (SSSR count). The highest BCUT2D eigenvalue weighted by Crippen LogP contribution is 2.33. The van der Waals surface area contributed by atoms with Gasteiger partial charge in [0.15, 0.2) is 11.5 Å².